The third kappa shape index (κ3) is 3.41. The predicted molar refractivity (Wildman–Crippen MR) is 136 cm³/mol. The molecule has 10 nitrogen and oxygen atoms in total. The highest BCUT2D eigenvalue weighted by Crippen LogP contribution is 2.53. The van der Waals surface area contributed by atoms with Crippen LogP contribution in [0.1, 0.15) is 23.1 Å². The fourth-order valence-corrected chi connectivity index (χ4v) is 6.30. The van der Waals surface area contributed by atoms with E-state index in [1.54, 1.807) is 44.4 Å². The second-order valence-corrected chi connectivity index (χ2v) is 10.3. The Balaban J connectivity index is 1.72. The number of fused-ring (bicyclic) bond motifs is 3. The maximum atomic E-state index is 13.9. The number of amides is 1. The first-order valence-electron chi connectivity index (χ1n) is 12.1. The minimum absolute atomic E-state index is 0.0182. The molecule has 0 radical (unpaired) electrons. The Morgan fingerprint density at radius 2 is 1.74 bits per heavy atom. The van der Waals surface area contributed by atoms with Gasteiger partial charge in [-0.2, -0.15) is 0 Å². The van der Waals surface area contributed by atoms with Crippen LogP contribution in [0.2, 0.25) is 0 Å². The smallest absolute Gasteiger partial charge is 0.255 e. The Kier molecular flexibility index (Phi) is 5.94. The van der Waals surface area contributed by atoms with Gasteiger partial charge in [-0.15, -0.1) is 0 Å². The molecule has 38 heavy (non-hydrogen) atoms. The molecular weight excluding hydrogens is 492 g/mol. The van der Waals surface area contributed by atoms with Gasteiger partial charge in [0.1, 0.15) is 22.8 Å². The summed E-state index contributed by atoms with van der Waals surface area (Å²) in [6.07, 6.45) is 0.213. The van der Waals surface area contributed by atoms with Crippen LogP contribution in [0.25, 0.3) is 16.9 Å². The first-order chi connectivity index (χ1) is 17.9. The zero-order valence-electron chi connectivity index (χ0n) is 20.8. The van der Waals surface area contributed by atoms with Crippen LogP contribution in [0.15, 0.2) is 53.3 Å². The first kappa shape index (κ1) is 25.7. The van der Waals surface area contributed by atoms with Gasteiger partial charge >= 0.3 is 0 Å². The summed E-state index contributed by atoms with van der Waals surface area (Å²) in [6.45, 7) is -0.125. The molecule has 0 saturated heterocycles. The van der Waals surface area contributed by atoms with E-state index in [1.807, 2.05) is 0 Å². The monoisotopic (exact) mass is 520 g/mol. The molecule has 1 fully saturated rings. The number of benzene rings is 2. The number of aliphatic hydroxyl groups is 4. The largest absolute Gasteiger partial charge is 0.508 e. The van der Waals surface area contributed by atoms with E-state index in [9.17, 15) is 39.9 Å². The number of likely N-dealkylation sites (N-methyl/N-ethyl adjacent to an activating group) is 1. The number of phenolic OH excluding ortho intramolecular Hbond substituents is 1. The molecule has 3 aliphatic rings. The van der Waals surface area contributed by atoms with Crippen molar-refractivity contribution < 1.29 is 39.9 Å². The summed E-state index contributed by atoms with van der Waals surface area (Å²) in [5.74, 6) is -6.83. The van der Waals surface area contributed by atoms with Crippen LogP contribution < -0.4 is 5.73 Å². The van der Waals surface area contributed by atoms with Gasteiger partial charge < -0.3 is 31.3 Å². The average molecular weight is 521 g/mol. The minimum Gasteiger partial charge on any atom is -0.508 e. The molecule has 0 aromatic heterocycles. The van der Waals surface area contributed by atoms with E-state index in [0.717, 1.165) is 5.56 Å². The van der Waals surface area contributed by atoms with Crippen LogP contribution in [0.4, 0.5) is 0 Å². The second-order valence-electron chi connectivity index (χ2n) is 10.3. The molecule has 0 spiro atoms. The van der Waals surface area contributed by atoms with Gasteiger partial charge in [0, 0.05) is 11.5 Å². The number of Topliss-reactive ketones (excluding diaryl/α,β-unsaturated/α-hetero) is 2. The standard InChI is InChI=1S/C28H28N2O8/c1-30(2)22-17-10-14-9-16-15(13-5-3-12(11-31)4-6-13)7-8-18(32)20(16)23(33)19(14)25(35)28(17,38)26(36)21(24(22)34)27(29)37/h3-8,14,17,22,31-33,36,38H,9-11H2,1-2H3,(H2,29,37). The summed E-state index contributed by atoms with van der Waals surface area (Å²) < 4.78 is 0. The fraction of sp³-hybridized carbons (Fsp3) is 0.321. The van der Waals surface area contributed by atoms with Crippen molar-refractivity contribution in [1.29, 1.82) is 0 Å². The highest BCUT2D eigenvalue weighted by Gasteiger charge is 2.64. The van der Waals surface area contributed by atoms with Crippen molar-refractivity contribution in [2.24, 2.45) is 17.6 Å². The number of hydrogen-bond acceptors (Lipinski definition) is 9. The quantitative estimate of drug-likeness (QED) is 0.322. The lowest BCUT2D eigenvalue weighted by atomic mass is 9.57. The van der Waals surface area contributed by atoms with E-state index in [4.69, 9.17) is 5.73 Å². The fourth-order valence-electron chi connectivity index (χ4n) is 6.30. The van der Waals surface area contributed by atoms with E-state index < -0.39 is 58.0 Å². The summed E-state index contributed by atoms with van der Waals surface area (Å²) >= 11 is 0. The topological polar surface area (TPSA) is 182 Å². The molecule has 0 heterocycles. The van der Waals surface area contributed by atoms with Crippen molar-refractivity contribution in [2.45, 2.75) is 31.1 Å². The SMILES string of the molecule is CN(C)C1C(=O)C(C(N)=O)=C(O)C2(O)C(=O)C3=C(O)c4c(O)ccc(-c5ccc(CO)cc5)c4CC3CC12. The van der Waals surface area contributed by atoms with Gasteiger partial charge in [0.25, 0.3) is 5.91 Å². The van der Waals surface area contributed by atoms with Crippen molar-refractivity contribution in [3.63, 3.8) is 0 Å². The third-order valence-electron chi connectivity index (χ3n) is 8.05. The molecule has 198 valence electrons. The van der Waals surface area contributed by atoms with Gasteiger partial charge in [0.15, 0.2) is 11.4 Å². The van der Waals surface area contributed by atoms with Gasteiger partial charge in [-0.25, -0.2) is 0 Å². The zero-order chi connectivity index (χ0) is 27.7. The second kappa shape index (κ2) is 8.80. The van der Waals surface area contributed by atoms with Crippen molar-refractivity contribution in [3.05, 3.63) is 70.0 Å². The Morgan fingerprint density at radius 3 is 2.32 bits per heavy atom. The lowest BCUT2D eigenvalue weighted by molar-refractivity contribution is -0.153. The summed E-state index contributed by atoms with van der Waals surface area (Å²) in [5, 5.41) is 54.0. The number of hydrogen-bond donors (Lipinski definition) is 6. The Labute approximate surface area is 217 Å². The van der Waals surface area contributed by atoms with Crippen LogP contribution in [-0.4, -0.2) is 73.6 Å². The molecular formula is C28H28N2O8. The van der Waals surface area contributed by atoms with E-state index in [1.165, 1.54) is 11.0 Å². The van der Waals surface area contributed by atoms with E-state index in [0.29, 0.717) is 16.7 Å². The van der Waals surface area contributed by atoms with Gasteiger partial charge in [-0.05, 0) is 61.2 Å². The van der Waals surface area contributed by atoms with Crippen molar-refractivity contribution in [3.8, 4) is 16.9 Å². The number of ketones is 2. The lowest BCUT2D eigenvalue weighted by Crippen LogP contribution is -2.65. The number of aromatic hydroxyl groups is 1. The van der Waals surface area contributed by atoms with Crippen molar-refractivity contribution in [1.82, 2.24) is 4.90 Å². The highest BCUT2D eigenvalue weighted by molar-refractivity contribution is 6.24. The molecule has 7 N–H and O–H groups in total. The number of nitrogens with two attached hydrogens (primary N) is 1. The molecule has 1 amide bonds. The van der Waals surface area contributed by atoms with Crippen LogP contribution in [0.3, 0.4) is 0 Å². The number of carbonyl (C=O) groups is 3. The molecule has 4 unspecified atom stereocenters. The van der Waals surface area contributed by atoms with Crippen molar-refractivity contribution in [2.75, 3.05) is 14.1 Å². The number of aliphatic hydroxyl groups excluding tert-OH is 3. The molecule has 4 atom stereocenters. The van der Waals surface area contributed by atoms with Crippen LogP contribution in [0, 0.1) is 11.8 Å². The molecule has 0 bridgehead atoms. The third-order valence-corrected chi connectivity index (χ3v) is 8.05. The van der Waals surface area contributed by atoms with Gasteiger partial charge in [-0.1, -0.05) is 30.3 Å². The lowest BCUT2D eigenvalue weighted by Gasteiger charge is -2.50. The van der Waals surface area contributed by atoms with E-state index >= 15 is 0 Å². The molecule has 1 saturated carbocycles. The number of rotatable bonds is 4. The number of carbonyl (C=O) groups excluding carboxylic acids is 3. The maximum Gasteiger partial charge on any atom is 0.255 e. The van der Waals surface area contributed by atoms with E-state index in [2.05, 4.69) is 0 Å². The average Bonchev–Trinajstić information content (AvgIpc) is 2.86. The number of phenols is 1. The molecule has 0 aliphatic heterocycles. The van der Waals surface area contributed by atoms with Gasteiger partial charge in [0.05, 0.1) is 18.2 Å². The highest BCUT2D eigenvalue weighted by atomic mass is 16.3. The van der Waals surface area contributed by atoms with Crippen LogP contribution >= 0.6 is 0 Å². The predicted octanol–water partition coefficient (Wildman–Crippen LogP) is 1.12. The van der Waals surface area contributed by atoms with E-state index in [-0.39, 0.29) is 36.3 Å². The zero-order valence-corrected chi connectivity index (χ0v) is 20.8. The minimum atomic E-state index is -2.67. The maximum absolute atomic E-state index is 13.9. The van der Waals surface area contributed by atoms with Gasteiger partial charge in [0.2, 0.25) is 5.78 Å². The first-order valence-corrected chi connectivity index (χ1v) is 12.1. The summed E-state index contributed by atoms with van der Waals surface area (Å²) in [4.78, 5) is 40.6. The Morgan fingerprint density at radius 1 is 1.08 bits per heavy atom. The number of primary amides is 1. The normalized spacial score (nSPS) is 26.8. The molecule has 10 heteroatoms. The van der Waals surface area contributed by atoms with Gasteiger partial charge in [-0.3, -0.25) is 19.3 Å². The summed E-state index contributed by atoms with van der Waals surface area (Å²) in [5.41, 5.74) is 4.42. The Bertz CT molecular complexity index is 1460. The molecule has 2 aromatic carbocycles. The molecule has 5 rings (SSSR count). The summed E-state index contributed by atoms with van der Waals surface area (Å²) in [6, 6.07) is 9.06. The summed E-state index contributed by atoms with van der Waals surface area (Å²) in [7, 11) is 3.11. The molecule has 3 aliphatic carbocycles. The van der Waals surface area contributed by atoms with Crippen LogP contribution in [0.5, 0.6) is 5.75 Å². The number of nitrogens with zero attached hydrogens (tertiary/aromatic N) is 1. The van der Waals surface area contributed by atoms with Crippen LogP contribution in [-0.2, 0) is 27.4 Å². The van der Waals surface area contributed by atoms with Crippen molar-refractivity contribution >= 4 is 23.2 Å². The molecule has 2 aromatic rings. The Hall–Kier alpha value is -3.99.